The first-order valence-electron chi connectivity index (χ1n) is 5.94. The number of methoxy groups -OCH3 is 2. The number of hydrogen-bond donors (Lipinski definition) is 2. The molecule has 1 aliphatic heterocycles. The number of phenols is 1. The van der Waals surface area contributed by atoms with E-state index in [9.17, 15) is 5.11 Å². The lowest BCUT2D eigenvalue weighted by molar-refractivity contribution is 0.349. The van der Waals surface area contributed by atoms with E-state index >= 15 is 0 Å². The van der Waals surface area contributed by atoms with Gasteiger partial charge >= 0.3 is 0 Å². The van der Waals surface area contributed by atoms with Crippen molar-refractivity contribution in [2.75, 3.05) is 20.8 Å². The summed E-state index contributed by atoms with van der Waals surface area (Å²) in [5, 5.41) is 13.5. The second kappa shape index (κ2) is 6.71. The Morgan fingerprint density at radius 1 is 1.22 bits per heavy atom. The van der Waals surface area contributed by atoms with E-state index in [4.69, 9.17) is 9.47 Å². The van der Waals surface area contributed by atoms with Gasteiger partial charge in [0.15, 0.2) is 0 Å². The van der Waals surface area contributed by atoms with Crippen LogP contribution in [0.2, 0.25) is 0 Å². The number of nitrogens with one attached hydrogen (secondary N) is 1. The molecule has 1 aliphatic rings. The Kier molecular flexibility index (Phi) is 5.56. The van der Waals surface area contributed by atoms with Crippen molar-refractivity contribution in [3.05, 3.63) is 17.7 Å². The van der Waals surface area contributed by atoms with E-state index < -0.39 is 0 Å². The summed E-state index contributed by atoms with van der Waals surface area (Å²) in [4.78, 5) is 0. The van der Waals surface area contributed by atoms with E-state index in [1.54, 1.807) is 20.3 Å². The van der Waals surface area contributed by atoms with Gasteiger partial charge in [0.1, 0.15) is 17.2 Å². The van der Waals surface area contributed by atoms with Gasteiger partial charge in [-0.2, -0.15) is 0 Å². The van der Waals surface area contributed by atoms with E-state index in [2.05, 4.69) is 5.32 Å². The van der Waals surface area contributed by atoms with Crippen LogP contribution in [0.15, 0.2) is 12.1 Å². The van der Waals surface area contributed by atoms with E-state index in [1.807, 2.05) is 6.07 Å². The number of phenolic OH excluding ortho intramolecular Hbond substituents is 1. The summed E-state index contributed by atoms with van der Waals surface area (Å²) in [6, 6.07) is 3.61. The molecular formula is C13H20ClNO3. The zero-order chi connectivity index (χ0) is 12.3. The number of halogens is 1. The highest BCUT2D eigenvalue weighted by molar-refractivity contribution is 5.85. The molecule has 2 rings (SSSR count). The smallest absolute Gasteiger partial charge is 0.131 e. The molecule has 1 heterocycles. The van der Waals surface area contributed by atoms with E-state index in [1.165, 1.54) is 12.8 Å². The third kappa shape index (κ3) is 3.00. The molecule has 0 aromatic heterocycles. The molecule has 1 saturated heterocycles. The topological polar surface area (TPSA) is 50.7 Å². The number of aromatic hydroxyl groups is 1. The SMILES string of the molecule is COc1cc(O)c([C@H]2CCCCN2)c(OC)c1.Cl. The molecule has 1 aromatic rings. The van der Waals surface area contributed by atoms with Crippen LogP contribution in [-0.4, -0.2) is 25.9 Å². The highest BCUT2D eigenvalue weighted by atomic mass is 35.5. The maximum absolute atomic E-state index is 10.1. The summed E-state index contributed by atoms with van der Waals surface area (Å²) in [7, 11) is 3.19. The largest absolute Gasteiger partial charge is 0.507 e. The summed E-state index contributed by atoms with van der Waals surface area (Å²) >= 11 is 0. The van der Waals surface area contributed by atoms with Crippen molar-refractivity contribution in [2.24, 2.45) is 0 Å². The Morgan fingerprint density at radius 2 is 2.00 bits per heavy atom. The Balaban J connectivity index is 0.00000162. The van der Waals surface area contributed by atoms with Crippen molar-refractivity contribution < 1.29 is 14.6 Å². The average molecular weight is 274 g/mol. The molecule has 0 aliphatic carbocycles. The van der Waals surface area contributed by atoms with Crippen molar-refractivity contribution in [3.8, 4) is 17.2 Å². The first kappa shape index (κ1) is 14.9. The second-order valence-corrected chi connectivity index (χ2v) is 4.26. The molecule has 0 spiro atoms. The molecule has 0 amide bonds. The predicted octanol–water partition coefficient (Wildman–Crippen LogP) is 2.65. The number of benzene rings is 1. The maximum Gasteiger partial charge on any atom is 0.131 e. The quantitative estimate of drug-likeness (QED) is 0.889. The summed E-state index contributed by atoms with van der Waals surface area (Å²) in [5.74, 6) is 1.53. The zero-order valence-electron chi connectivity index (χ0n) is 10.7. The van der Waals surface area contributed by atoms with Gasteiger partial charge in [-0.15, -0.1) is 12.4 Å². The van der Waals surface area contributed by atoms with Gasteiger partial charge in [-0.3, -0.25) is 0 Å². The molecule has 1 atom stereocenters. The highest BCUT2D eigenvalue weighted by Gasteiger charge is 2.22. The third-order valence-electron chi connectivity index (χ3n) is 3.21. The lowest BCUT2D eigenvalue weighted by atomic mass is 9.96. The van der Waals surface area contributed by atoms with Gasteiger partial charge in [0.2, 0.25) is 0 Å². The fourth-order valence-corrected chi connectivity index (χ4v) is 2.32. The van der Waals surface area contributed by atoms with Crippen LogP contribution in [0.4, 0.5) is 0 Å². The van der Waals surface area contributed by atoms with E-state index in [0.717, 1.165) is 18.5 Å². The molecule has 0 radical (unpaired) electrons. The van der Waals surface area contributed by atoms with Crippen LogP contribution < -0.4 is 14.8 Å². The minimum atomic E-state index is 0. The molecule has 18 heavy (non-hydrogen) atoms. The summed E-state index contributed by atoms with van der Waals surface area (Å²) in [5.41, 5.74) is 0.841. The number of rotatable bonds is 3. The predicted molar refractivity (Wildman–Crippen MR) is 73.1 cm³/mol. The first-order chi connectivity index (χ1) is 8.26. The number of hydrogen-bond acceptors (Lipinski definition) is 4. The lowest BCUT2D eigenvalue weighted by Crippen LogP contribution is -2.27. The fraction of sp³-hybridized carbons (Fsp3) is 0.538. The maximum atomic E-state index is 10.1. The molecule has 1 aromatic carbocycles. The van der Waals surface area contributed by atoms with E-state index in [-0.39, 0.29) is 24.2 Å². The minimum Gasteiger partial charge on any atom is -0.507 e. The lowest BCUT2D eigenvalue weighted by Gasteiger charge is -2.26. The Bertz CT molecular complexity index is 392. The molecule has 1 fully saturated rings. The van der Waals surface area contributed by atoms with Crippen LogP contribution >= 0.6 is 12.4 Å². The first-order valence-corrected chi connectivity index (χ1v) is 5.94. The molecule has 102 valence electrons. The van der Waals surface area contributed by atoms with Gasteiger partial charge in [-0.25, -0.2) is 0 Å². The van der Waals surface area contributed by atoms with Gasteiger partial charge in [0.05, 0.1) is 19.8 Å². The molecule has 0 bridgehead atoms. The molecule has 0 unspecified atom stereocenters. The highest BCUT2D eigenvalue weighted by Crippen LogP contribution is 2.40. The van der Waals surface area contributed by atoms with Crippen LogP contribution in [0.25, 0.3) is 0 Å². The van der Waals surface area contributed by atoms with Gasteiger partial charge < -0.3 is 19.9 Å². The Morgan fingerprint density at radius 3 is 2.56 bits per heavy atom. The zero-order valence-corrected chi connectivity index (χ0v) is 11.5. The summed E-state index contributed by atoms with van der Waals surface area (Å²) < 4.78 is 10.5. The van der Waals surface area contributed by atoms with Crippen molar-refractivity contribution in [1.82, 2.24) is 5.32 Å². The Labute approximate surface area is 114 Å². The minimum absolute atomic E-state index is 0. The number of piperidine rings is 1. The van der Waals surface area contributed by atoms with Gasteiger partial charge in [-0.05, 0) is 19.4 Å². The molecular weight excluding hydrogens is 254 g/mol. The van der Waals surface area contributed by atoms with Crippen LogP contribution in [-0.2, 0) is 0 Å². The van der Waals surface area contributed by atoms with Crippen molar-refractivity contribution in [3.63, 3.8) is 0 Å². The fourth-order valence-electron chi connectivity index (χ4n) is 2.32. The van der Waals surface area contributed by atoms with Crippen molar-refractivity contribution in [2.45, 2.75) is 25.3 Å². The summed E-state index contributed by atoms with van der Waals surface area (Å²) in [6.07, 6.45) is 3.39. The Hall–Kier alpha value is -1.13. The van der Waals surface area contributed by atoms with Crippen molar-refractivity contribution in [1.29, 1.82) is 0 Å². The molecule has 5 heteroatoms. The van der Waals surface area contributed by atoms with Gasteiger partial charge in [-0.1, -0.05) is 6.42 Å². The van der Waals surface area contributed by atoms with Crippen molar-refractivity contribution >= 4 is 12.4 Å². The molecule has 4 nitrogen and oxygen atoms in total. The van der Waals surface area contributed by atoms with Gasteiger partial charge in [0.25, 0.3) is 0 Å². The third-order valence-corrected chi connectivity index (χ3v) is 3.21. The number of ether oxygens (including phenoxy) is 2. The van der Waals surface area contributed by atoms with Crippen LogP contribution in [0.1, 0.15) is 30.9 Å². The second-order valence-electron chi connectivity index (χ2n) is 4.26. The van der Waals surface area contributed by atoms with Crippen LogP contribution in [0, 0.1) is 0 Å². The average Bonchev–Trinajstić information content (AvgIpc) is 2.38. The van der Waals surface area contributed by atoms with Crippen LogP contribution in [0.3, 0.4) is 0 Å². The summed E-state index contributed by atoms with van der Waals surface area (Å²) in [6.45, 7) is 0.985. The van der Waals surface area contributed by atoms with Crippen LogP contribution in [0.5, 0.6) is 17.2 Å². The van der Waals surface area contributed by atoms with Gasteiger partial charge in [0, 0.05) is 18.2 Å². The monoisotopic (exact) mass is 273 g/mol. The normalized spacial score (nSPS) is 18.9. The van der Waals surface area contributed by atoms with E-state index in [0.29, 0.717) is 11.5 Å². The molecule has 2 N–H and O–H groups in total. The molecule has 0 saturated carbocycles. The standard InChI is InChI=1S/C13H19NO3.ClH/c1-16-9-7-11(15)13(12(8-9)17-2)10-5-3-4-6-14-10;/h7-8,10,14-15H,3-6H2,1-2H3;1H/t10-;/m1./s1.